The van der Waals surface area contributed by atoms with E-state index in [0.29, 0.717) is 0 Å². The van der Waals surface area contributed by atoms with Crippen molar-refractivity contribution in [1.82, 2.24) is 5.32 Å². The smallest absolute Gasteiger partial charge is 0.238 e. The molecule has 1 aromatic carbocycles. The number of nitrogens with two attached hydrogens (primary N) is 1. The Morgan fingerprint density at radius 2 is 2.10 bits per heavy atom. The van der Waals surface area contributed by atoms with Crippen LogP contribution in [0.5, 0.6) is 0 Å². The first-order chi connectivity index (χ1) is 9.13. The SMILES string of the molecule is NCC(=O)Nc1ccc2c(c1)CC1(CCNC1=O)C2.[B]. The fraction of sp³-hybridized carbons (Fsp3) is 0.429. The number of carbonyl (C=O) groups excluding carboxylic acids is 2. The van der Waals surface area contributed by atoms with Gasteiger partial charge >= 0.3 is 0 Å². The van der Waals surface area contributed by atoms with Crippen LogP contribution in [0, 0.1) is 5.41 Å². The van der Waals surface area contributed by atoms with Crippen molar-refractivity contribution >= 4 is 25.9 Å². The van der Waals surface area contributed by atoms with Crippen molar-refractivity contribution in [2.75, 3.05) is 18.4 Å². The lowest BCUT2D eigenvalue weighted by molar-refractivity contribution is -0.127. The van der Waals surface area contributed by atoms with Gasteiger partial charge in [0.1, 0.15) is 0 Å². The van der Waals surface area contributed by atoms with E-state index in [1.165, 1.54) is 5.56 Å². The molecule has 1 aliphatic carbocycles. The van der Waals surface area contributed by atoms with Crippen molar-refractivity contribution in [1.29, 1.82) is 0 Å². The van der Waals surface area contributed by atoms with Gasteiger partial charge in [0.25, 0.3) is 0 Å². The molecule has 1 atom stereocenters. The Kier molecular flexibility index (Phi) is 3.86. The standard InChI is InChI=1S/C14H17N3O2.B/c15-8-12(18)17-11-2-1-9-6-14(7-10(9)5-11)3-4-16-13(14)19;/h1-2,5H,3-4,6-8,15H2,(H,16,19)(H,17,18);. The second-order valence-corrected chi connectivity index (χ2v) is 5.38. The molecule has 5 nitrogen and oxygen atoms in total. The highest BCUT2D eigenvalue weighted by atomic mass is 16.2. The van der Waals surface area contributed by atoms with Crippen LogP contribution >= 0.6 is 0 Å². The van der Waals surface area contributed by atoms with Crippen LogP contribution in [0.3, 0.4) is 0 Å². The van der Waals surface area contributed by atoms with E-state index < -0.39 is 0 Å². The van der Waals surface area contributed by atoms with Gasteiger partial charge in [-0.25, -0.2) is 0 Å². The lowest BCUT2D eigenvalue weighted by atomic mass is 9.83. The number of anilines is 1. The Bertz CT molecular complexity index is 561. The topological polar surface area (TPSA) is 84.2 Å². The third-order valence-electron chi connectivity index (χ3n) is 4.10. The van der Waals surface area contributed by atoms with Crippen molar-refractivity contribution < 1.29 is 9.59 Å². The van der Waals surface area contributed by atoms with Gasteiger partial charge in [0.05, 0.1) is 12.0 Å². The summed E-state index contributed by atoms with van der Waals surface area (Å²) >= 11 is 0. The third kappa shape index (κ3) is 2.31. The zero-order chi connectivity index (χ0) is 13.5. The summed E-state index contributed by atoms with van der Waals surface area (Å²) in [6.45, 7) is 0.743. The highest BCUT2D eigenvalue weighted by molar-refractivity contribution is 5.92. The van der Waals surface area contributed by atoms with Gasteiger partial charge in [-0.05, 0) is 42.5 Å². The van der Waals surface area contributed by atoms with Crippen molar-refractivity contribution in [3.05, 3.63) is 29.3 Å². The molecule has 1 saturated heterocycles. The van der Waals surface area contributed by atoms with Gasteiger partial charge in [0.2, 0.25) is 11.8 Å². The van der Waals surface area contributed by atoms with Gasteiger partial charge in [-0.1, -0.05) is 6.07 Å². The largest absolute Gasteiger partial charge is 0.356 e. The number of rotatable bonds is 2. The Morgan fingerprint density at radius 1 is 1.35 bits per heavy atom. The van der Waals surface area contributed by atoms with E-state index in [1.54, 1.807) is 0 Å². The van der Waals surface area contributed by atoms with Crippen LogP contribution < -0.4 is 16.4 Å². The molecule has 20 heavy (non-hydrogen) atoms. The number of benzene rings is 1. The van der Waals surface area contributed by atoms with Gasteiger partial charge in [0.15, 0.2) is 0 Å². The fourth-order valence-corrected chi connectivity index (χ4v) is 3.10. The molecule has 4 N–H and O–H groups in total. The molecule has 1 aliphatic heterocycles. The summed E-state index contributed by atoms with van der Waals surface area (Å²) < 4.78 is 0. The molecule has 1 heterocycles. The normalized spacial score (nSPS) is 23.1. The summed E-state index contributed by atoms with van der Waals surface area (Å²) in [6, 6.07) is 5.84. The molecule has 0 aromatic heterocycles. The Morgan fingerprint density at radius 3 is 2.75 bits per heavy atom. The van der Waals surface area contributed by atoms with E-state index in [4.69, 9.17) is 5.73 Å². The minimum atomic E-state index is -0.251. The molecule has 103 valence electrons. The van der Waals surface area contributed by atoms with Crippen molar-refractivity contribution in [3.63, 3.8) is 0 Å². The average Bonchev–Trinajstić information content (AvgIpc) is 2.93. The number of hydrogen-bond donors (Lipinski definition) is 3. The first-order valence-corrected chi connectivity index (χ1v) is 6.53. The van der Waals surface area contributed by atoms with E-state index in [1.807, 2.05) is 18.2 Å². The zero-order valence-electron chi connectivity index (χ0n) is 11.2. The molecule has 0 bridgehead atoms. The lowest BCUT2D eigenvalue weighted by Gasteiger charge is -2.17. The highest BCUT2D eigenvalue weighted by Gasteiger charge is 2.46. The molecule has 1 fully saturated rings. The molecule has 2 aliphatic rings. The van der Waals surface area contributed by atoms with Gasteiger partial charge in [-0.15, -0.1) is 0 Å². The van der Waals surface area contributed by atoms with Crippen molar-refractivity contribution in [2.24, 2.45) is 11.1 Å². The molecular formula is C14H17BN3O2. The number of carbonyl (C=O) groups is 2. The van der Waals surface area contributed by atoms with E-state index in [-0.39, 0.29) is 32.2 Å². The molecular weight excluding hydrogens is 253 g/mol. The van der Waals surface area contributed by atoms with Gasteiger partial charge in [-0.2, -0.15) is 0 Å². The summed E-state index contributed by atoms with van der Waals surface area (Å²) in [4.78, 5) is 23.3. The average molecular weight is 270 g/mol. The molecule has 2 amide bonds. The zero-order valence-corrected chi connectivity index (χ0v) is 11.2. The molecule has 3 rings (SSSR count). The number of amides is 2. The van der Waals surface area contributed by atoms with Gasteiger partial charge in [0, 0.05) is 20.6 Å². The van der Waals surface area contributed by atoms with E-state index >= 15 is 0 Å². The van der Waals surface area contributed by atoms with Crippen LogP contribution in [-0.2, 0) is 22.4 Å². The van der Waals surface area contributed by atoms with Crippen LogP contribution in [0.1, 0.15) is 17.5 Å². The van der Waals surface area contributed by atoms with Gasteiger partial charge in [-0.3, -0.25) is 9.59 Å². The second kappa shape index (κ2) is 5.29. The summed E-state index contributed by atoms with van der Waals surface area (Å²) in [5.74, 6) is -0.0393. The minimum Gasteiger partial charge on any atom is -0.356 e. The van der Waals surface area contributed by atoms with Gasteiger partial charge < -0.3 is 16.4 Å². The number of nitrogens with one attached hydrogen (secondary N) is 2. The molecule has 3 radical (unpaired) electrons. The summed E-state index contributed by atoms with van der Waals surface area (Å²) in [6.07, 6.45) is 2.46. The van der Waals surface area contributed by atoms with Crippen molar-refractivity contribution in [2.45, 2.75) is 19.3 Å². The maximum Gasteiger partial charge on any atom is 0.238 e. The first kappa shape index (κ1) is 14.6. The molecule has 1 unspecified atom stereocenters. The summed E-state index contributed by atoms with van der Waals surface area (Å²) in [5, 5.41) is 5.66. The Hall–Kier alpha value is -1.82. The number of hydrogen-bond acceptors (Lipinski definition) is 3. The maximum absolute atomic E-state index is 12.0. The van der Waals surface area contributed by atoms with E-state index in [9.17, 15) is 9.59 Å². The quantitative estimate of drug-likeness (QED) is 0.651. The Balaban J connectivity index is 0.00000147. The Labute approximate surface area is 119 Å². The minimum absolute atomic E-state index is 0. The van der Waals surface area contributed by atoms with E-state index in [0.717, 1.165) is 37.1 Å². The molecule has 6 heteroatoms. The van der Waals surface area contributed by atoms with Crippen LogP contribution in [0.4, 0.5) is 5.69 Å². The van der Waals surface area contributed by atoms with Crippen LogP contribution in [0.15, 0.2) is 18.2 Å². The van der Waals surface area contributed by atoms with Crippen LogP contribution in [0.25, 0.3) is 0 Å². The lowest BCUT2D eigenvalue weighted by Crippen LogP contribution is -2.31. The second-order valence-electron chi connectivity index (χ2n) is 5.38. The number of fused-ring (bicyclic) bond motifs is 1. The van der Waals surface area contributed by atoms with Crippen LogP contribution in [-0.4, -0.2) is 33.3 Å². The molecule has 1 aromatic rings. The maximum atomic E-state index is 12.0. The molecule has 1 spiro atoms. The summed E-state index contributed by atoms with van der Waals surface area (Å²) in [7, 11) is 0. The molecule has 0 saturated carbocycles. The van der Waals surface area contributed by atoms with Crippen LogP contribution in [0.2, 0.25) is 0 Å². The third-order valence-corrected chi connectivity index (χ3v) is 4.10. The predicted molar refractivity (Wildman–Crippen MR) is 77.3 cm³/mol. The van der Waals surface area contributed by atoms with E-state index in [2.05, 4.69) is 10.6 Å². The fourth-order valence-electron chi connectivity index (χ4n) is 3.10. The predicted octanol–water partition coefficient (Wildman–Crippen LogP) is -0.192. The monoisotopic (exact) mass is 270 g/mol. The van der Waals surface area contributed by atoms with Crippen molar-refractivity contribution in [3.8, 4) is 0 Å². The highest BCUT2D eigenvalue weighted by Crippen LogP contribution is 2.42. The first-order valence-electron chi connectivity index (χ1n) is 6.53. The summed E-state index contributed by atoms with van der Waals surface area (Å²) in [5.41, 5.74) is 8.15.